The van der Waals surface area contributed by atoms with Gasteiger partial charge in [-0.1, -0.05) is 23.4 Å². The second-order valence-corrected chi connectivity index (χ2v) is 7.90. The minimum atomic E-state index is -3.57. The zero-order valence-electron chi connectivity index (χ0n) is 14.3. The Hall–Kier alpha value is -1.90. The second-order valence-electron chi connectivity index (χ2n) is 6.21. The molecule has 0 atom stereocenters. The molecule has 0 unspecified atom stereocenters. The van der Waals surface area contributed by atoms with Crippen LogP contribution in [0.3, 0.4) is 0 Å². The quantitative estimate of drug-likeness (QED) is 0.688. The van der Waals surface area contributed by atoms with Crippen LogP contribution in [0.1, 0.15) is 11.5 Å². The monoisotopic (exact) mass is 365 g/mol. The Labute approximate surface area is 148 Å². The summed E-state index contributed by atoms with van der Waals surface area (Å²) >= 11 is 0. The smallest absolute Gasteiger partial charge is 0.310 e. The highest BCUT2D eigenvalue weighted by atomic mass is 32.2. The average Bonchev–Trinajstić information content (AvgIpc) is 3.00. The maximum atomic E-state index is 12.1. The van der Waals surface area contributed by atoms with E-state index in [9.17, 15) is 8.42 Å². The molecule has 2 heterocycles. The topological polar surface area (TPSA) is 75.9 Å². The highest BCUT2D eigenvalue weighted by molar-refractivity contribution is 7.87. The Bertz CT molecular complexity index is 768. The number of aromatic nitrogens is 1. The zero-order valence-corrected chi connectivity index (χ0v) is 15.1. The molecule has 1 aromatic carbocycles. The van der Waals surface area contributed by atoms with Crippen molar-refractivity contribution < 1.29 is 17.1 Å². The standard InChI is InChI=1S/C17H23N3O4S/c1-15-13-17(23-18-15)14-20-9-7-19(8-10-20)11-12-25(21,22)24-16-5-3-2-4-6-16/h2-6,13H,7-12,14H2,1H3. The fourth-order valence-electron chi connectivity index (χ4n) is 2.79. The molecule has 1 aromatic heterocycles. The van der Waals surface area contributed by atoms with Gasteiger partial charge in [-0.25, -0.2) is 0 Å². The van der Waals surface area contributed by atoms with E-state index in [1.54, 1.807) is 24.3 Å². The van der Waals surface area contributed by atoms with Gasteiger partial charge in [0, 0.05) is 38.8 Å². The van der Waals surface area contributed by atoms with Crippen LogP contribution in [0.5, 0.6) is 5.75 Å². The summed E-state index contributed by atoms with van der Waals surface area (Å²) in [5.74, 6) is 1.21. The highest BCUT2D eigenvalue weighted by Crippen LogP contribution is 2.13. The molecular weight excluding hydrogens is 342 g/mol. The molecule has 0 saturated carbocycles. The van der Waals surface area contributed by atoms with Crippen LogP contribution in [0.15, 0.2) is 40.9 Å². The highest BCUT2D eigenvalue weighted by Gasteiger charge is 2.21. The first-order chi connectivity index (χ1) is 12.0. The molecule has 0 spiro atoms. The molecule has 1 aliphatic rings. The lowest BCUT2D eigenvalue weighted by molar-refractivity contribution is 0.123. The lowest BCUT2D eigenvalue weighted by Crippen LogP contribution is -2.47. The molecule has 0 amide bonds. The summed E-state index contributed by atoms with van der Waals surface area (Å²) in [4.78, 5) is 4.43. The van der Waals surface area contributed by atoms with Gasteiger partial charge >= 0.3 is 10.1 Å². The maximum absolute atomic E-state index is 12.1. The van der Waals surface area contributed by atoms with Crippen LogP contribution < -0.4 is 4.18 Å². The van der Waals surface area contributed by atoms with E-state index in [0.29, 0.717) is 12.3 Å². The number of hydrogen-bond donors (Lipinski definition) is 0. The van der Waals surface area contributed by atoms with Crippen molar-refractivity contribution >= 4 is 10.1 Å². The largest absolute Gasteiger partial charge is 0.382 e. The molecule has 2 aromatic rings. The number of hydrogen-bond acceptors (Lipinski definition) is 7. The molecule has 3 rings (SSSR count). The predicted octanol–water partition coefficient (Wildman–Crippen LogP) is 1.51. The summed E-state index contributed by atoms with van der Waals surface area (Å²) in [5.41, 5.74) is 0.886. The molecular formula is C17H23N3O4S. The minimum Gasteiger partial charge on any atom is -0.382 e. The van der Waals surface area contributed by atoms with E-state index < -0.39 is 10.1 Å². The van der Waals surface area contributed by atoms with Crippen LogP contribution in [-0.4, -0.2) is 61.9 Å². The van der Waals surface area contributed by atoms with Crippen molar-refractivity contribution in [2.24, 2.45) is 0 Å². The molecule has 1 aliphatic heterocycles. The van der Waals surface area contributed by atoms with Crippen LogP contribution in [0.2, 0.25) is 0 Å². The van der Waals surface area contributed by atoms with Gasteiger partial charge in [0.15, 0.2) is 5.76 Å². The molecule has 0 aliphatic carbocycles. The van der Waals surface area contributed by atoms with Gasteiger partial charge in [0.25, 0.3) is 0 Å². The first-order valence-corrected chi connectivity index (χ1v) is 9.92. The number of nitrogens with zero attached hydrogens (tertiary/aromatic N) is 3. The Morgan fingerprint density at radius 1 is 1.12 bits per heavy atom. The van der Waals surface area contributed by atoms with E-state index in [4.69, 9.17) is 8.71 Å². The SMILES string of the molecule is Cc1cc(CN2CCN(CCS(=O)(=O)Oc3ccccc3)CC2)on1. The fourth-order valence-corrected chi connectivity index (χ4v) is 3.76. The van der Waals surface area contributed by atoms with E-state index in [1.165, 1.54) is 0 Å². The molecule has 25 heavy (non-hydrogen) atoms. The predicted molar refractivity (Wildman–Crippen MR) is 93.8 cm³/mol. The van der Waals surface area contributed by atoms with Gasteiger partial charge in [0.1, 0.15) is 5.75 Å². The van der Waals surface area contributed by atoms with Gasteiger partial charge in [-0.15, -0.1) is 0 Å². The Morgan fingerprint density at radius 2 is 1.80 bits per heavy atom. The third-order valence-electron chi connectivity index (χ3n) is 4.15. The zero-order chi connectivity index (χ0) is 17.7. The summed E-state index contributed by atoms with van der Waals surface area (Å²) in [6.07, 6.45) is 0. The Morgan fingerprint density at radius 3 is 2.44 bits per heavy atom. The van der Waals surface area contributed by atoms with Gasteiger partial charge < -0.3 is 8.71 Å². The molecule has 1 saturated heterocycles. The van der Waals surface area contributed by atoms with Crippen molar-refractivity contribution in [3.8, 4) is 5.75 Å². The van der Waals surface area contributed by atoms with E-state index in [0.717, 1.165) is 44.2 Å². The molecule has 1 fully saturated rings. The summed E-state index contributed by atoms with van der Waals surface area (Å²) in [7, 11) is -3.57. The van der Waals surface area contributed by atoms with E-state index >= 15 is 0 Å². The second kappa shape index (κ2) is 7.99. The van der Waals surface area contributed by atoms with E-state index in [2.05, 4.69) is 15.0 Å². The molecule has 0 bridgehead atoms. The Kier molecular flexibility index (Phi) is 5.72. The third kappa shape index (κ3) is 5.55. The molecule has 0 radical (unpaired) electrons. The van der Waals surface area contributed by atoms with Crippen molar-refractivity contribution in [2.75, 3.05) is 38.5 Å². The third-order valence-corrected chi connectivity index (χ3v) is 5.27. The fraction of sp³-hybridized carbons (Fsp3) is 0.471. The average molecular weight is 365 g/mol. The first-order valence-electron chi connectivity index (χ1n) is 8.34. The van der Waals surface area contributed by atoms with Gasteiger partial charge in [-0.3, -0.25) is 9.80 Å². The number of piperazine rings is 1. The van der Waals surface area contributed by atoms with Crippen molar-refractivity contribution in [2.45, 2.75) is 13.5 Å². The number of rotatable bonds is 7. The van der Waals surface area contributed by atoms with Crippen molar-refractivity contribution in [1.82, 2.24) is 15.0 Å². The van der Waals surface area contributed by atoms with Crippen LogP contribution in [0.4, 0.5) is 0 Å². The van der Waals surface area contributed by atoms with E-state index in [-0.39, 0.29) is 5.75 Å². The molecule has 8 heteroatoms. The summed E-state index contributed by atoms with van der Waals surface area (Å²) in [6, 6.07) is 10.5. The molecule has 0 N–H and O–H groups in total. The summed E-state index contributed by atoms with van der Waals surface area (Å²) in [6.45, 7) is 6.53. The van der Waals surface area contributed by atoms with Gasteiger partial charge in [-0.2, -0.15) is 8.42 Å². The van der Waals surface area contributed by atoms with Crippen LogP contribution in [-0.2, 0) is 16.7 Å². The number of para-hydroxylation sites is 1. The first kappa shape index (κ1) is 17.9. The molecule has 136 valence electrons. The normalized spacial score (nSPS) is 16.8. The van der Waals surface area contributed by atoms with E-state index in [1.807, 2.05) is 19.1 Å². The lowest BCUT2D eigenvalue weighted by Gasteiger charge is -2.33. The van der Waals surface area contributed by atoms with Crippen LogP contribution >= 0.6 is 0 Å². The summed E-state index contributed by atoms with van der Waals surface area (Å²) in [5, 5.41) is 3.90. The maximum Gasteiger partial charge on any atom is 0.310 e. The van der Waals surface area contributed by atoms with Crippen molar-refractivity contribution in [3.05, 3.63) is 47.9 Å². The van der Waals surface area contributed by atoms with Gasteiger partial charge in [-0.05, 0) is 19.1 Å². The van der Waals surface area contributed by atoms with Gasteiger partial charge in [0.05, 0.1) is 18.0 Å². The molecule has 7 nitrogen and oxygen atoms in total. The number of benzene rings is 1. The summed E-state index contributed by atoms with van der Waals surface area (Å²) < 4.78 is 34.5. The van der Waals surface area contributed by atoms with Crippen LogP contribution in [0, 0.1) is 6.92 Å². The number of aryl methyl sites for hydroxylation is 1. The van der Waals surface area contributed by atoms with Crippen molar-refractivity contribution in [1.29, 1.82) is 0 Å². The van der Waals surface area contributed by atoms with Crippen LogP contribution in [0.25, 0.3) is 0 Å². The van der Waals surface area contributed by atoms with Gasteiger partial charge in [0.2, 0.25) is 0 Å². The Balaban J connectivity index is 1.41. The van der Waals surface area contributed by atoms with Crippen molar-refractivity contribution in [3.63, 3.8) is 0 Å². The lowest BCUT2D eigenvalue weighted by atomic mass is 10.3. The minimum absolute atomic E-state index is 0.0107.